The van der Waals surface area contributed by atoms with Crippen LogP contribution in [0.15, 0.2) is 42.5 Å². The first kappa shape index (κ1) is 13.6. The second-order valence-electron chi connectivity index (χ2n) is 4.98. The molecule has 1 amide bonds. The number of likely N-dealkylation sites (N-methyl/N-ethyl adjacent to an activating group) is 1. The zero-order valence-electron chi connectivity index (χ0n) is 11.7. The van der Waals surface area contributed by atoms with Crippen LogP contribution in [0.2, 0.25) is 0 Å². The van der Waals surface area contributed by atoms with E-state index in [-0.39, 0.29) is 5.91 Å². The van der Waals surface area contributed by atoms with Gasteiger partial charge in [-0.3, -0.25) is 4.79 Å². The lowest BCUT2D eigenvalue weighted by Crippen LogP contribution is -2.29. The molecule has 2 aromatic rings. The van der Waals surface area contributed by atoms with E-state index in [1.807, 2.05) is 36.2 Å². The second kappa shape index (κ2) is 6.37. The van der Waals surface area contributed by atoms with Gasteiger partial charge in [0.1, 0.15) is 0 Å². The summed E-state index contributed by atoms with van der Waals surface area (Å²) in [5, 5.41) is 2.38. The smallest absolute Gasteiger partial charge is 0.226 e. The summed E-state index contributed by atoms with van der Waals surface area (Å²) in [4.78, 5) is 14.0. The van der Waals surface area contributed by atoms with Gasteiger partial charge in [-0.15, -0.1) is 0 Å². The highest BCUT2D eigenvalue weighted by Gasteiger charge is 2.10. The third-order valence-electron chi connectivity index (χ3n) is 3.49. The van der Waals surface area contributed by atoms with E-state index in [0.29, 0.717) is 6.42 Å². The Balaban J connectivity index is 2.15. The molecule has 19 heavy (non-hydrogen) atoms. The van der Waals surface area contributed by atoms with E-state index < -0.39 is 0 Å². The number of amides is 1. The number of hydrogen-bond donors (Lipinski definition) is 0. The summed E-state index contributed by atoms with van der Waals surface area (Å²) in [5.41, 5.74) is 1.12. The van der Waals surface area contributed by atoms with E-state index in [0.717, 1.165) is 24.9 Å². The SMILES string of the molecule is CCCCN(C)C(=O)Cc1cccc2ccccc12. The van der Waals surface area contributed by atoms with Crippen molar-refractivity contribution in [3.05, 3.63) is 48.0 Å². The van der Waals surface area contributed by atoms with Gasteiger partial charge in [0.2, 0.25) is 5.91 Å². The van der Waals surface area contributed by atoms with Crippen molar-refractivity contribution in [3.63, 3.8) is 0 Å². The fraction of sp³-hybridized carbons (Fsp3) is 0.353. The number of carbonyl (C=O) groups is 1. The highest BCUT2D eigenvalue weighted by atomic mass is 16.2. The van der Waals surface area contributed by atoms with Crippen LogP contribution in [0.3, 0.4) is 0 Å². The minimum absolute atomic E-state index is 0.199. The van der Waals surface area contributed by atoms with Gasteiger partial charge in [-0.1, -0.05) is 55.8 Å². The van der Waals surface area contributed by atoms with Gasteiger partial charge >= 0.3 is 0 Å². The molecule has 0 aromatic heterocycles. The fourth-order valence-electron chi connectivity index (χ4n) is 2.26. The molecule has 0 saturated heterocycles. The van der Waals surface area contributed by atoms with Gasteiger partial charge in [-0.25, -0.2) is 0 Å². The molecule has 0 saturated carbocycles. The first-order valence-corrected chi connectivity index (χ1v) is 6.93. The van der Waals surface area contributed by atoms with Crippen LogP contribution >= 0.6 is 0 Å². The molecule has 0 atom stereocenters. The van der Waals surface area contributed by atoms with Crippen LogP contribution in [0.1, 0.15) is 25.3 Å². The molecule has 0 fully saturated rings. The Kier molecular flexibility index (Phi) is 4.56. The summed E-state index contributed by atoms with van der Waals surface area (Å²) in [7, 11) is 1.89. The highest BCUT2D eigenvalue weighted by Crippen LogP contribution is 2.19. The minimum Gasteiger partial charge on any atom is -0.345 e. The summed E-state index contributed by atoms with van der Waals surface area (Å²) in [6.45, 7) is 2.99. The Bertz CT molecular complexity index is 557. The molecular formula is C17H21NO. The highest BCUT2D eigenvalue weighted by molar-refractivity contribution is 5.90. The van der Waals surface area contributed by atoms with Gasteiger partial charge in [0.25, 0.3) is 0 Å². The third kappa shape index (κ3) is 3.34. The molecule has 0 heterocycles. The van der Waals surface area contributed by atoms with Crippen LogP contribution in [-0.2, 0) is 11.2 Å². The Morgan fingerprint density at radius 2 is 1.84 bits per heavy atom. The molecule has 2 nitrogen and oxygen atoms in total. The van der Waals surface area contributed by atoms with E-state index >= 15 is 0 Å². The molecule has 2 aromatic carbocycles. The zero-order valence-corrected chi connectivity index (χ0v) is 11.7. The summed E-state index contributed by atoms with van der Waals surface area (Å²) in [5.74, 6) is 0.199. The monoisotopic (exact) mass is 255 g/mol. The molecule has 0 aliphatic heterocycles. The normalized spacial score (nSPS) is 10.6. The lowest BCUT2D eigenvalue weighted by molar-refractivity contribution is -0.129. The fourth-order valence-corrected chi connectivity index (χ4v) is 2.26. The molecule has 2 heteroatoms. The number of hydrogen-bond acceptors (Lipinski definition) is 1. The Morgan fingerprint density at radius 1 is 1.11 bits per heavy atom. The average Bonchev–Trinajstić information content (AvgIpc) is 2.45. The van der Waals surface area contributed by atoms with E-state index in [1.165, 1.54) is 10.8 Å². The number of carbonyl (C=O) groups excluding carboxylic acids is 1. The van der Waals surface area contributed by atoms with Gasteiger partial charge in [-0.2, -0.15) is 0 Å². The quantitative estimate of drug-likeness (QED) is 0.798. The number of nitrogens with zero attached hydrogens (tertiary/aromatic N) is 1. The maximum absolute atomic E-state index is 12.2. The molecule has 0 radical (unpaired) electrons. The average molecular weight is 255 g/mol. The number of unbranched alkanes of at least 4 members (excludes halogenated alkanes) is 1. The van der Waals surface area contributed by atoms with Gasteiger partial charge in [0, 0.05) is 13.6 Å². The molecule has 0 bridgehead atoms. The van der Waals surface area contributed by atoms with Gasteiger partial charge in [-0.05, 0) is 22.8 Å². The first-order valence-electron chi connectivity index (χ1n) is 6.93. The number of benzene rings is 2. The summed E-state index contributed by atoms with van der Waals surface area (Å²) in [6.07, 6.45) is 2.67. The van der Waals surface area contributed by atoms with Crippen molar-refractivity contribution in [2.75, 3.05) is 13.6 Å². The summed E-state index contributed by atoms with van der Waals surface area (Å²) < 4.78 is 0. The van der Waals surface area contributed by atoms with Crippen LogP contribution in [0, 0.1) is 0 Å². The second-order valence-corrected chi connectivity index (χ2v) is 4.98. The van der Waals surface area contributed by atoms with Crippen molar-refractivity contribution in [3.8, 4) is 0 Å². The van der Waals surface area contributed by atoms with Crippen LogP contribution in [0.5, 0.6) is 0 Å². The molecule has 0 unspecified atom stereocenters. The lowest BCUT2D eigenvalue weighted by atomic mass is 10.0. The molecule has 0 aliphatic carbocycles. The van der Waals surface area contributed by atoms with Crippen molar-refractivity contribution in [1.82, 2.24) is 4.90 Å². The van der Waals surface area contributed by atoms with Crippen molar-refractivity contribution in [1.29, 1.82) is 0 Å². The predicted molar refractivity (Wildman–Crippen MR) is 80.2 cm³/mol. The number of rotatable bonds is 5. The van der Waals surface area contributed by atoms with Crippen molar-refractivity contribution in [2.45, 2.75) is 26.2 Å². The molecule has 0 aliphatic rings. The minimum atomic E-state index is 0.199. The van der Waals surface area contributed by atoms with E-state index in [4.69, 9.17) is 0 Å². The lowest BCUT2D eigenvalue weighted by Gasteiger charge is -2.17. The third-order valence-corrected chi connectivity index (χ3v) is 3.49. The predicted octanol–water partition coefficient (Wildman–Crippen LogP) is 3.64. The van der Waals surface area contributed by atoms with Crippen LogP contribution in [0.4, 0.5) is 0 Å². The van der Waals surface area contributed by atoms with E-state index in [1.54, 1.807) is 0 Å². The number of fused-ring (bicyclic) bond motifs is 1. The molecule has 2 rings (SSSR count). The Morgan fingerprint density at radius 3 is 2.63 bits per heavy atom. The van der Waals surface area contributed by atoms with Crippen molar-refractivity contribution < 1.29 is 4.79 Å². The van der Waals surface area contributed by atoms with Crippen LogP contribution in [0.25, 0.3) is 10.8 Å². The molecule has 100 valence electrons. The first-order chi connectivity index (χ1) is 9.22. The van der Waals surface area contributed by atoms with E-state index in [2.05, 4.69) is 25.1 Å². The van der Waals surface area contributed by atoms with Crippen molar-refractivity contribution >= 4 is 16.7 Å². The van der Waals surface area contributed by atoms with Gasteiger partial charge in [0.05, 0.1) is 6.42 Å². The maximum Gasteiger partial charge on any atom is 0.226 e. The summed E-state index contributed by atoms with van der Waals surface area (Å²) in [6, 6.07) is 14.4. The van der Waals surface area contributed by atoms with Crippen molar-refractivity contribution in [2.24, 2.45) is 0 Å². The largest absolute Gasteiger partial charge is 0.345 e. The molecular weight excluding hydrogens is 234 g/mol. The molecule has 0 spiro atoms. The van der Waals surface area contributed by atoms with Gasteiger partial charge in [0.15, 0.2) is 0 Å². The van der Waals surface area contributed by atoms with E-state index in [9.17, 15) is 4.79 Å². The summed E-state index contributed by atoms with van der Waals surface area (Å²) >= 11 is 0. The zero-order chi connectivity index (χ0) is 13.7. The van der Waals surface area contributed by atoms with Gasteiger partial charge < -0.3 is 4.90 Å². The topological polar surface area (TPSA) is 20.3 Å². The Hall–Kier alpha value is -1.83. The molecule has 0 N–H and O–H groups in total. The van der Waals surface area contributed by atoms with Crippen LogP contribution < -0.4 is 0 Å². The maximum atomic E-state index is 12.2. The Labute approximate surface area is 115 Å². The standard InChI is InChI=1S/C17H21NO/c1-3-4-12-18(2)17(19)13-15-10-7-9-14-8-5-6-11-16(14)15/h5-11H,3-4,12-13H2,1-2H3. The van der Waals surface area contributed by atoms with Crippen LogP contribution in [-0.4, -0.2) is 24.4 Å².